The topological polar surface area (TPSA) is 104 Å². The smallest absolute Gasteiger partial charge is 0.315 e. The summed E-state index contributed by atoms with van der Waals surface area (Å²) in [6.45, 7) is 6.00. The van der Waals surface area contributed by atoms with Crippen molar-refractivity contribution in [3.63, 3.8) is 0 Å². The Morgan fingerprint density at radius 2 is 2.10 bits per heavy atom. The largest absolute Gasteiger partial charge is 0.481 e. The zero-order valence-electron chi connectivity index (χ0n) is 12.0. The van der Waals surface area contributed by atoms with Crippen LogP contribution in [-0.2, 0) is 11.3 Å². The molecule has 0 aromatic carbocycles. The van der Waals surface area contributed by atoms with E-state index in [1.54, 1.807) is 13.0 Å². The summed E-state index contributed by atoms with van der Waals surface area (Å²) in [5, 5.41) is 17.9. The predicted octanol–water partition coefficient (Wildman–Crippen LogP) is 1.53. The average molecular weight is 283 g/mol. The molecule has 7 heteroatoms. The number of amides is 2. The molecule has 1 heterocycles. The summed E-state index contributed by atoms with van der Waals surface area (Å²) < 4.78 is 4.94. The lowest BCUT2D eigenvalue weighted by molar-refractivity contribution is -0.142. The van der Waals surface area contributed by atoms with Gasteiger partial charge in [0.2, 0.25) is 0 Å². The van der Waals surface area contributed by atoms with Crippen LogP contribution in [0.15, 0.2) is 10.6 Å². The zero-order valence-corrected chi connectivity index (χ0v) is 12.0. The molecule has 1 rings (SSSR count). The summed E-state index contributed by atoms with van der Waals surface area (Å²) in [6, 6.07) is 1.30. The molecule has 1 atom stereocenters. The quantitative estimate of drug-likeness (QED) is 0.704. The van der Waals surface area contributed by atoms with Crippen LogP contribution in [0.25, 0.3) is 0 Å². The Morgan fingerprint density at radius 3 is 2.60 bits per heavy atom. The number of aryl methyl sites for hydroxylation is 1. The van der Waals surface area contributed by atoms with Crippen LogP contribution in [0, 0.1) is 18.8 Å². The summed E-state index contributed by atoms with van der Waals surface area (Å²) in [6.07, 6.45) is 0.525. The van der Waals surface area contributed by atoms with Gasteiger partial charge in [0.15, 0.2) is 5.76 Å². The van der Waals surface area contributed by atoms with Gasteiger partial charge >= 0.3 is 12.0 Å². The second-order valence-electron chi connectivity index (χ2n) is 5.16. The van der Waals surface area contributed by atoms with Gasteiger partial charge in [-0.2, -0.15) is 0 Å². The molecule has 0 spiro atoms. The van der Waals surface area contributed by atoms with Crippen LogP contribution in [-0.4, -0.2) is 28.8 Å². The van der Waals surface area contributed by atoms with E-state index in [0.717, 1.165) is 5.69 Å². The molecule has 1 aromatic heterocycles. The van der Waals surface area contributed by atoms with E-state index in [1.807, 2.05) is 13.8 Å². The van der Waals surface area contributed by atoms with Crippen LogP contribution in [0.2, 0.25) is 0 Å². The minimum Gasteiger partial charge on any atom is -0.481 e. The van der Waals surface area contributed by atoms with E-state index in [0.29, 0.717) is 12.2 Å². The zero-order chi connectivity index (χ0) is 15.1. The minimum absolute atomic E-state index is 0.106. The van der Waals surface area contributed by atoms with Gasteiger partial charge in [-0.25, -0.2) is 4.79 Å². The average Bonchev–Trinajstić information content (AvgIpc) is 2.77. The number of carboxylic acids is 1. The molecule has 112 valence electrons. The maximum atomic E-state index is 11.6. The van der Waals surface area contributed by atoms with Gasteiger partial charge in [0.1, 0.15) is 0 Å². The number of carbonyl (C=O) groups is 2. The number of aliphatic carboxylic acids is 1. The van der Waals surface area contributed by atoms with Crippen molar-refractivity contribution >= 4 is 12.0 Å². The van der Waals surface area contributed by atoms with E-state index in [1.165, 1.54) is 0 Å². The molecule has 0 bridgehead atoms. The van der Waals surface area contributed by atoms with Crippen molar-refractivity contribution in [1.82, 2.24) is 15.8 Å². The molecule has 0 saturated heterocycles. The Kier molecular flexibility index (Phi) is 6.02. The number of nitrogens with zero attached hydrogens (tertiary/aromatic N) is 1. The van der Waals surface area contributed by atoms with Crippen LogP contribution in [0.4, 0.5) is 4.79 Å². The summed E-state index contributed by atoms with van der Waals surface area (Å²) in [5.74, 6) is -0.661. The van der Waals surface area contributed by atoms with Gasteiger partial charge in [0.05, 0.1) is 18.2 Å². The van der Waals surface area contributed by atoms with Crippen molar-refractivity contribution < 1.29 is 19.2 Å². The van der Waals surface area contributed by atoms with Gasteiger partial charge in [-0.05, 0) is 19.3 Å². The Labute approximate surface area is 117 Å². The van der Waals surface area contributed by atoms with Crippen molar-refractivity contribution in [1.29, 1.82) is 0 Å². The fraction of sp³-hybridized carbons (Fsp3) is 0.615. The lowest BCUT2D eigenvalue weighted by Gasteiger charge is -2.15. The highest BCUT2D eigenvalue weighted by Gasteiger charge is 2.19. The number of nitrogens with one attached hydrogen (secondary N) is 2. The molecule has 0 aliphatic carbocycles. The number of urea groups is 1. The summed E-state index contributed by atoms with van der Waals surface area (Å²) >= 11 is 0. The normalized spacial score (nSPS) is 12.2. The molecule has 0 aliphatic rings. The van der Waals surface area contributed by atoms with E-state index in [2.05, 4.69) is 15.8 Å². The lowest BCUT2D eigenvalue weighted by atomic mass is 9.97. The lowest BCUT2D eigenvalue weighted by Crippen LogP contribution is -2.39. The molecule has 0 fully saturated rings. The molecule has 0 aliphatic heterocycles. The Balaban J connectivity index is 2.32. The molecule has 20 heavy (non-hydrogen) atoms. The van der Waals surface area contributed by atoms with Gasteiger partial charge in [-0.3, -0.25) is 4.79 Å². The first kappa shape index (κ1) is 16.0. The second-order valence-corrected chi connectivity index (χ2v) is 5.16. The van der Waals surface area contributed by atoms with Crippen molar-refractivity contribution in [2.24, 2.45) is 11.8 Å². The van der Waals surface area contributed by atoms with Crippen LogP contribution in [0.5, 0.6) is 0 Å². The van der Waals surface area contributed by atoms with Gasteiger partial charge in [0.25, 0.3) is 0 Å². The molecule has 0 saturated carbocycles. The van der Waals surface area contributed by atoms with E-state index in [4.69, 9.17) is 9.63 Å². The van der Waals surface area contributed by atoms with Gasteiger partial charge in [-0.1, -0.05) is 19.0 Å². The van der Waals surface area contributed by atoms with Crippen molar-refractivity contribution in [2.75, 3.05) is 6.54 Å². The standard InChI is InChI=1S/C13H21N3O4/c1-8(2)4-10(12(17)18)6-14-13(19)15-7-11-5-9(3)16-20-11/h5,8,10H,4,6-7H2,1-3H3,(H,17,18)(H2,14,15,19). The van der Waals surface area contributed by atoms with Crippen molar-refractivity contribution in [3.05, 3.63) is 17.5 Å². The van der Waals surface area contributed by atoms with Gasteiger partial charge in [-0.15, -0.1) is 0 Å². The summed E-state index contributed by atoms with van der Waals surface area (Å²) in [4.78, 5) is 22.6. The first-order valence-corrected chi connectivity index (χ1v) is 6.55. The molecule has 0 radical (unpaired) electrons. The SMILES string of the molecule is Cc1cc(CNC(=O)NCC(CC(C)C)C(=O)O)on1. The number of hydrogen-bond acceptors (Lipinski definition) is 4. The first-order chi connectivity index (χ1) is 9.38. The number of hydrogen-bond donors (Lipinski definition) is 3. The summed E-state index contributed by atoms with van der Waals surface area (Å²) in [5.41, 5.74) is 0.741. The fourth-order valence-electron chi connectivity index (χ4n) is 1.79. The maximum Gasteiger partial charge on any atom is 0.315 e. The first-order valence-electron chi connectivity index (χ1n) is 6.55. The minimum atomic E-state index is -0.898. The van der Waals surface area contributed by atoms with Crippen LogP contribution in [0.3, 0.4) is 0 Å². The number of carboxylic acid groups (broad SMARTS) is 1. The molecule has 2 amide bonds. The molecule has 1 unspecified atom stereocenters. The van der Waals surface area contributed by atoms with E-state index < -0.39 is 17.9 Å². The van der Waals surface area contributed by atoms with Crippen molar-refractivity contribution in [2.45, 2.75) is 33.7 Å². The molecule has 3 N–H and O–H groups in total. The highest BCUT2D eigenvalue weighted by molar-refractivity contribution is 5.75. The van der Waals surface area contributed by atoms with Crippen LogP contribution in [0.1, 0.15) is 31.7 Å². The Hall–Kier alpha value is -2.05. The van der Waals surface area contributed by atoms with Gasteiger partial charge < -0.3 is 20.3 Å². The Morgan fingerprint density at radius 1 is 1.40 bits per heavy atom. The van der Waals surface area contributed by atoms with E-state index in [9.17, 15) is 9.59 Å². The van der Waals surface area contributed by atoms with Crippen LogP contribution < -0.4 is 10.6 Å². The number of rotatable bonds is 7. The van der Waals surface area contributed by atoms with E-state index >= 15 is 0 Å². The molecule has 1 aromatic rings. The summed E-state index contributed by atoms with van der Waals surface area (Å²) in [7, 11) is 0. The highest BCUT2D eigenvalue weighted by Crippen LogP contribution is 2.11. The number of carbonyl (C=O) groups excluding carboxylic acids is 1. The third-order valence-electron chi connectivity index (χ3n) is 2.71. The molecular formula is C13H21N3O4. The van der Waals surface area contributed by atoms with Crippen LogP contribution >= 0.6 is 0 Å². The third-order valence-corrected chi connectivity index (χ3v) is 2.71. The second kappa shape index (κ2) is 7.52. The number of aromatic nitrogens is 1. The van der Waals surface area contributed by atoms with Gasteiger partial charge in [0, 0.05) is 12.6 Å². The highest BCUT2D eigenvalue weighted by atomic mass is 16.5. The molecule has 7 nitrogen and oxygen atoms in total. The Bertz CT molecular complexity index is 456. The third kappa shape index (κ3) is 5.73. The predicted molar refractivity (Wildman–Crippen MR) is 72.1 cm³/mol. The fourth-order valence-corrected chi connectivity index (χ4v) is 1.79. The maximum absolute atomic E-state index is 11.6. The monoisotopic (exact) mass is 283 g/mol. The molecular weight excluding hydrogens is 262 g/mol. The van der Waals surface area contributed by atoms with Crippen molar-refractivity contribution in [3.8, 4) is 0 Å². The van der Waals surface area contributed by atoms with E-state index in [-0.39, 0.29) is 19.0 Å².